The van der Waals surface area contributed by atoms with Crippen LogP contribution in [0.2, 0.25) is 0 Å². The van der Waals surface area contributed by atoms with Gasteiger partial charge in [0.2, 0.25) is 5.91 Å². The Balaban J connectivity index is 1.32. The maximum Gasteiger partial charge on any atom is 0.273 e. The smallest absolute Gasteiger partial charge is 0.273 e. The molecule has 3 atom stereocenters. The van der Waals surface area contributed by atoms with Crippen LogP contribution in [0.3, 0.4) is 0 Å². The zero-order chi connectivity index (χ0) is 28.2. The number of carbonyl (C=O) groups is 2. The number of carbonyl (C=O) groups excluding carboxylic acids is 2. The molecule has 2 N–H and O–H groups in total. The van der Waals surface area contributed by atoms with Gasteiger partial charge in [0.15, 0.2) is 11.5 Å². The van der Waals surface area contributed by atoms with E-state index < -0.39 is 41.4 Å². The van der Waals surface area contributed by atoms with Crippen LogP contribution in [0.25, 0.3) is 11.3 Å². The highest BCUT2D eigenvalue weighted by Gasteiger charge is 2.39. The van der Waals surface area contributed by atoms with Crippen molar-refractivity contribution in [2.75, 3.05) is 13.1 Å². The van der Waals surface area contributed by atoms with Gasteiger partial charge in [-0.15, -0.1) is 0 Å². The van der Waals surface area contributed by atoms with Gasteiger partial charge < -0.3 is 15.2 Å². The molecule has 1 saturated carbocycles. The summed E-state index contributed by atoms with van der Waals surface area (Å²) in [5.41, 5.74) is 0.0257. The molecule has 8 nitrogen and oxygen atoms in total. The maximum atomic E-state index is 14.3. The lowest BCUT2D eigenvalue weighted by atomic mass is 9.86. The van der Waals surface area contributed by atoms with E-state index >= 15 is 0 Å². The maximum absolute atomic E-state index is 14.3. The molecule has 1 saturated heterocycles. The minimum absolute atomic E-state index is 0.0183. The highest BCUT2D eigenvalue weighted by molar-refractivity contribution is 5.94. The number of rotatable bonds is 7. The number of hydrogen-bond acceptors (Lipinski definition) is 6. The second-order valence-corrected chi connectivity index (χ2v) is 10.6. The van der Waals surface area contributed by atoms with Crippen LogP contribution in [0.15, 0.2) is 47.1 Å². The Morgan fingerprint density at radius 1 is 1.05 bits per heavy atom. The number of piperidine rings is 1. The van der Waals surface area contributed by atoms with Crippen LogP contribution in [0.4, 0.5) is 13.2 Å². The lowest BCUT2D eigenvalue weighted by molar-refractivity contribution is -0.128. The molecule has 5 rings (SSSR count). The summed E-state index contributed by atoms with van der Waals surface area (Å²) in [6, 6.07) is 6.28. The van der Waals surface area contributed by atoms with Crippen molar-refractivity contribution in [2.24, 2.45) is 5.92 Å². The molecular formula is C29H32F3N5O3. The van der Waals surface area contributed by atoms with E-state index in [1.165, 1.54) is 36.9 Å². The Kier molecular flexibility index (Phi) is 8.49. The first-order valence-corrected chi connectivity index (χ1v) is 13.7. The summed E-state index contributed by atoms with van der Waals surface area (Å²) in [5, 5.41) is 9.56. The third-order valence-corrected chi connectivity index (χ3v) is 7.88. The zero-order valence-electron chi connectivity index (χ0n) is 22.2. The summed E-state index contributed by atoms with van der Waals surface area (Å²) in [5.74, 6) is -3.58. The van der Waals surface area contributed by atoms with Gasteiger partial charge in [0, 0.05) is 43.5 Å². The molecule has 40 heavy (non-hydrogen) atoms. The van der Waals surface area contributed by atoms with Crippen molar-refractivity contribution >= 4 is 11.8 Å². The monoisotopic (exact) mass is 555 g/mol. The van der Waals surface area contributed by atoms with Crippen LogP contribution >= 0.6 is 0 Å². The van der Waals surface area contributed by atoms with Crippen molar-refractivity contribution < 1.29 is 27.3 Å². The van der Waals surface area contributed by atoms with E-state index in [0.29, 0.717) is 25.6 Å². The number of nitrogens with one attached hydrogen (secondary N) is 2. The summed E-state index contributed by atoms with van der Waals surface area (Å²) in [4.78, 5) is 33.1. The molecule has 1 aromatic carbocycles. The number of likely N-dealkylation sites (tertiary alicyclic amines) is 1. The summed E-state index contributed by atoms with van der Waals surface area (Å²) in [6.07, 6.45) is 7.66. The Bertz CT molecular complexity index is 1360. The predicted octanol–water partition coefficient (Wildman–Crippen LogP) is 4.78. The molecule has 2 aromatic heterocycles. The molecule has 2 aliphatic rings. The number of hydrogen-bond donors (Lipinski definition) is 2. The van der Waals surface area contributed by atoms with Crippen LogP contribution < -0.4 is 10.6 Å². The number of pyridine rings is 1. The Morgan fingerprint density at radius 2 is 1.85 bits per heavy atom. The quantitative estimate of drug-likeness (QED) is 0.435. The van der Waals surface area contributed by atoms with E-state index in [9.17, 15) is 22.8 Å². The molecule has 0 radical (unpaired) electrons. The molecular weight excluding hydrogens is 523 g/mol. The van der Waals surface area contributed by atoms with E-state index in [4.69, 9.17) is 4.52 Å². The number of aromatic nitrogens is 2. The van der Waals surface area contributed by atoms with Crippen LogP contribution in [-0.2, 0) is 4.79 Å². The molecule has 212 valence electrons. The van der Waals surface area contributed by atoms with Crippen LogP contribution in [0, 0.1) is 23.4 Å². The van der Waals surface area contributed by atoms with Crippen molar-refractivity contribution in [1.29, 1.82) is 0 Å². The molecule has 0 bridgehead atoms. The first-order valence-electron chi connectivity index (χ1n) is 13.7. The lowest BCUT2D eigenvalue weighted by Gasteiger charge is -2.43. The Labute approximate surface area is 230 Å². The molecule has 1 aliphatic carbocycles. The fourth-order valence-corrected chi connectivity index (χ4v) is 5.74. The predicted molar refractivity (Wildman–Crippen MR) is 140 cm³/mol. The normalized spacial score (nSPS) is 21.1. The van der Waals surface area contributed by atoms with Gasteiger partial charge in [-0.3, -0.25) is 19.5 Å². The highest BCUT2D eigenvalue weighted by Crippen LogP contribution is 2.29. The third kappa shape index (κ3) is 6.19. The van der Waals surface area contributed by atoms with E-state index in [1.807, 2.05) is 0 Å². The highest BCUT2D eigenvalue weighted by atomic mass is 19.1. The van der Waals surface area contributed by atoms with E-state index in [0.717, 1.165) is 37.8 Å². The van der Waals surface area contributed by atoms with Gasteiger partial charge in [-0.25, -0.2) is 13.2 Å². The first kappa shape index (κ1) is 27.8. The number of amides is 2. The Hall–Kier alpha value is -3.73. The van der Waals surface area contributed by atoms with Gasteiger partial charge in [-0.2, -0.15) is 0 Å². The fraction of sp³-hybridized carbons (Fsp3) is 0.448. The van der Waals surface area contributed by atoms with Gasteiger partial charge in [0.1, 0.15) is 17.5 Å². The lowest BCUT2D eigenvalue weighted by Crippen LogP contribution is -2.58. The van der Waals surface area contributed by atoms with Crippen LogP contribution in [0.5, 0.6) is 0 Å². The number of benzene rings is 1. The SMILES string of the molecule is C[C@@H](NC(=O)[C@@H]1CN(C2CCCCC2)CC[C@H]1NC(=O)c1cc(-c2ccc(F)cc2F)on1)c1ncccc1F. The molecule has 2 fully saturated rings. The van der Waals surface area contributed by atoms with E-state index in [2.05, 4.69) is 25.7 Å². The van der Waals surface area contributed by atoms with Gasteiger partial charge in [-0.1, -0.05) is 24.4 Å². The summed E-state index contributed by atoms with van der Waals surface area (Å²) < 4.78 is 47.0. The minimum atomic E-state index is -0.839. The molecule has 2 amide bonds. The van der Waals surface area contributed by atoms with Gasteiger partial charge in [0.05, 0.1) is 23.2 Å². The fourth-order valence-electron chi connectivity index (χ4n) is 5.74. The van der Waals surface area contributed by atoms with Crippen molar-refractivity contribution in [3.63, 3.8) is 0 Å². The van der Waals surface area contributed by atoms with Crippen molar-refractivity contribution in [3.8, 4) is 11.3 Å². The summed E-state index contributed by atoms with van der Waals surface area (Å²) in [7, 11) is 0. The zero-order valence-corrected chi connectivity index (χ0v) is 22.2. The molecule has 0 unspecified atom stereocenters. The standard InChI is InChI=1S/C29H32F3N5O3/c1-17(27-22(31)8-5-12-33-27)34-28(38)21-16-37(19-6-3-2-4-7-19)13-11-24(21)35-29(39)25-15-26(40-36-25)20-10-9-18(30)14-23(20)32/h5,8-10,12,14-15,17,19,21,24H,2-4,6-7,11,13,16H2,1H3,(H,34,38)(H,35,39)/t17-,21-,24-/m1/s1. The largest absolute Gasteiger partial charge is 0.355 e. The number of nitrogens with zero attached hydrogens (tertiary/aromatic N) is 3. The molecule has 1 aliphatic heterocycles. The van der Waals surface area contributed by atoms with E-state index in [-0.39, 0.29) is 28.6 Å². The van der Waals surface area contributed by atoms with Gasteiger partial charge in [-0.05, 0) is 50.5 Å². The topological polar surface area (TPSA) is 100 Å². The van der Waals surface area contributed by atoms with Crippen LogP contribution in [-0.4, -0.2) is 52.0 Å². The average molecular weight is 556 g/mol. The second-order valence-electron chi connectivity index (χ2n) is 10.6. The van der Waals surface area contributed by atoms with Crippen molar-refractivity contribution in [1.82, 2.24) is 25.7 Å². The first-order chi connectivity index (χ1) is 19.3. The second kappa shape index (κ2) is 12.2. The van der Waals surface area contributed by atoms with Gasteiger partial charge >= 0.3 is 0 Å². The summed E-state index contributed by atoms with van der Waals surface area (Å²) in [6.45, 7) is 2.84. The third-order valence-electron chi connectivity index (χ3n) is 7.88. The van der Waals surface area contributed by atoms with Crippen molar-refractivity contribution in [2.45, 2.75) is 63.6 Å². The molecule has 3 heterocycles. The number of halogens is 3. The Morgan fingerprint density at radius 3 is 2.60 bits per heavy atom. The van der Waals surface area contributed by atoms with E-state index in [1.54, 1.807) is 6.92 Å². The average Bonchev–Trinajstić information content (AvgIpc) is 3.44. The summed E-state index contributed by atoms with van der Waals surface area (Å²) >= 11 is 0. The molecule has 11 heteroatoms. The van der Waals surface area contributed by atoms with Crippen LogP contribution in [0.1, 0.15) is 67.7 Å². The van der Waals surface area contributed by atoms with Gasteiger partial charge in [0.25, 0.3) is 5.91 Å². The van der Waals surface area contributed by atoms with Crippen molar-refractivity contribution in [3.05, 3.63) is 71.4 Å². The minimum Gasteiger partial charge on any atom is -0.355 e. The molecule has 3 aromatic rings. The molecule has 0 spiro atoms.